The summed E-state index contributed by atoms with van der Waals surface area (Å²) in [6.45, 7) is 0. The molecule has 8 nitrogen and oxygen atoms in total. The zero-order valence-corrected chi connectivity index (χ0v) is 6.12. The van der Waals surface area contributed by atoms with Crippen LogP contribution in [-0.2, 0) is 0 Å². The first-order chi connectivity index (χ1) is 5.68. The van der Waals surface area contributed by atoms with Gasteiger partial charge >= 0.3 is 0 Å². The molecule has 0 aliphatic carbocycles. The van der Waals surface area contributed by atoms with E-state index in [-0.39, 0.29) is 11.9 Å². The Morgan fingerprint density at radius 2 is 2.17 bits per heavy atom. The lowest BCUT2D eigenvalue weighted by Gasteiger charge is -2.25. The average molecular weight is 168 g/mol. The molecule has 0 aromatic carbocycles. The van der Waals surface area contributed by atoms with Gasteiger partial charge in [0.05, 0.1) is 0 Å². The smallest absolute Gasteiger partial charge is 0.239 e. The number of hydrazone groups is 1. The fourth-order valence-corrected chi connectivity index (χ4v) is 0.975. The number of hydrazine groups is 1. The lowest BCUT2D eigenvalue weighted by molar-refractivity contribution is 0.211. The van der Waals surface area contributed by atoms with E-state index in [1.807, 2.05) is 0 Å². The van der Waals surface area contributed by atoms with Crippen LogP contribution in [0.25, 0.3) is 0 Å². The normalized spacial score (nSPS) is 26.9. The Balaban J connectivity index is 2.34. The van der Waals surface area contributed by atoms with Crippen molar-refractivity contribution in [2.75, 3.05) is 0 Å². The standard InChI is InChI=1S/C4H8N8/c5-2-9-3(6)12-4(10-2)11(7)1-8-12/h1,4H,7H2,(H4,5,6,9,10)/t4-/m0/s1. The van der Waals surface area contributed by atoms with Crippen LogP contribution in [0.3, 0.4) is 0 Å². The quantitative estimate of drug-likeness (QED) is 0.341. The number of aliphatic imine (C=N–C) groups is 2. The summed E-state index contributed by atoms with van der Waals surface area (Å²) >= 11 is 0. The van der Waals surface area contributed by atoms with E-state index in [1.165, 1.54) is 16.4 Å². The SMILES string of the molecule is NC1=N[C@H]2N(N)C=NN2C(N)=N1. The highest BCUT2D eigenvalue weighted by Crippen LogP contribution is 2.12. The molecule has 1 atom stereocenters. The highest BCUT2D eigenvalue weighted by Gasteiger charge is 2.31. The van der Waals surface area contributed by atoms with Gasteiger partial charge in [-0.05, 0) is 0 Å². The monoisotopic (exact) mass is 168 g/mol. The van der Waals surface area contributed by atoms with Crippen molar-refractivity contribution >= 4 is 18.3 Å². The van der Waals surface area contributed by atoms with Gasteiger partial charge in [-0.2, -0.15) is 15.1 Å². The lowest BCUT2D eigenvalue weighted by atomic mass is 10.6. The summed E-state index contributed by atoms with van der Waals surface area (Å²) < 4.78 is 0. The molecule has 0 spiro atoms. The second-order valence-corrected chi connectivity index (χ2v) is 2.33. The van der Waals surface area contributed by atoms with Gasteiger partial charge in [0.2, 0.25) is 18.2 Å². The minimum Gasteiger partial charge on any atom is -0.368 e. The van der Waals surface area contributed by atoms with Gasteiger partial charge in [-0.3, -0.25) is 5.01 Å². The van der Waals surface area contributed by atoms with Crippen molar-refractivity contribution in [1.82, 2.24) is 10.0 Å². The first-order valence-electron chi connectivity index (χ1n) is 3.22. The van der Waals surface area contributed by atoms with E-state index in [0.29, 0.717) is 0 Å². The number of hydrogen-bond acceptors (Lipinski definition) is 8. The maximum absolute atomic E-state index is 5.49. The third kappa shape index (κ3) is 0.782. The van der Waals surface area contributed by atoms with Gasteiger partial charge in [-0.1, -0.05) is 0 Å². The topological polar surface area (TPSA) is 122 Å². The Bertz CT molecular complexity index is 289. The summed E-state index contributed by atoms with van der Waals surface area (Å²) in [6, 6.07) is 0. The third-order valence-corrected chi connectivity index (χ3v) is 1.51. The average Bonchev–Trinajstić information content (AvgIpc) is 2.33. The molecular formula is C4H8N8. The third-order valence-electron chi connectivity index (χ3n) is 1.51. The van der Waals surface area contributed by atoms with E-state index < -0.39 is 6.29 Å². The van der Waals surface area contributed by atoms with Crippen LogP contribution in [0.2, 0.25) is 0 Å². The zero-order chi connectivity index (χ0) is 8.72. The van der Waals surface area contributed by atoms with E-state index in [1.54, 1.807) is 0 Å². The van der Waals surface area contributed by atoms with Crippen LogP contribution in [-0.4, -0.2) is 34.6 Å². The molecule has 0 amide bonds. The fraction of sp³-hybridized carbons (Fsp3) is 0.250. The van der Waals surface area contributed by atoms with Crippen LogP contribution in [0.5, 0.6) is 0 Å². The van der Waals surface area contributed by atoms with Crippen LogP contribution in [0.4, 0.5) is 0 Å². The van der Waals surface area contributed by atoms with Crippen molar-refractivity contribution in [1.29, 1.82) is 0 Å². The molecule has 0 fully saturated rings. The van der Waals surface area contributed by atoms with E-state index in [0.717, 1.165) is 0 Å². The number of nitrogens with zero attached hydrogens (tertiary/aromatic N) is 5. The largest absolute Gasteiger partial charge is 0.368 e. The molecule has 0 unspecified atom stereocenters. The van der Waals surface area contributed by atoms with Crippen molar-refractivity contribution < 1.29 is 0 Å². The van der Waals surface area contributed by atoms with Crippen molar-refractivity contribution in [3.63, 3.8) is 0 Å². The van der Waals surface area contributed by atoms with Crippen molar-refractivity contribution in [2.24, 2.45) is 32.4 Å². The van der Waals surface area contributed by atoms with Crippen LogP contribution >= 0.6 is 0 Å². The maximum atomic E-state index is 5.49. The molecule has 0 aromatic heterocycles. The number of rotatable bonds is 0. The molecule has 8 heteroatoms. The lowest BCUT2D eigenvalue weighted by Crippen LogP contribution is -2.50. The maximum Gasteiger partial charge on any atom is 0.239 e. The molecule has 2 aliphatic rings. The minimum atomic E-state index is -0.484. The Morgan fingerprint density at radius 3 is 2.92 bits per heavy atom. The second kappa shape index (κ2) is 2.08. The van der Waals surface area contributed by atoms with Crippen molar-refractivity contribution in [3.05, 3.63) is 0 Å². The van der Waals surface area contributed by atoms with Crippen LogP contribution < -0.4 is 17.3 Å². The van der Waals surface area contributed by atoms with Gasteiger partial charge in [0.25, 0.3) is 0 Å². The Hall–Kier alpha value is -1.83. The Labute approximate surface area is 68.0 Å². The first kappa shape index (κ1) is 6.85. The molecule has 6 N–H and O–H groups in total. The molecule has 2 rings (SSSR count). The molecule has 64 valence electrons. The van der Waals surface area contributed by atoms with Gasteiger partial charge in [-0.15, -0.1) is 0 Å². The predicted octanol–water partition coefficient (Wildman–Crippen LogP) is -2.65. The van der Waals surface area contributed by atoms with Gasteiger partial charge < -0.3 is 11.5 Å². The molecule has 0 aromatic rings. The molecule has 0 radical (unpaired) electrons. The summed E-state index contributed by atoms with van der Waals surface area (Å²) in [7, 11) is 0. The fourth-order valence-electron chi connectivity index (χ4n) is 0.975. The number of guanidine groups is 2. The van der Waals surface area contributed by atoms with Crippen molar-refractivity contribution in [2.45, 2.75) is 6.29 Å². The summed E-state index contributed by atoms with van der Waals surface area (Å²) in [5.74, 6) is 5.78. The van der Waals surface area contributed by atoms with E-state index in [2.05, 4.69) is 15.1 Å². The summed E-state index contributed by atoms with van der Waals surface area (Å²) in [5.41, 5.74) is 10.9. The number of fused-ring (bicyclic) bond motifs is 1. The van der Waals surface area contributed by atoms with Crippen LogP contribution in [0.1, 0.15) is 0 Å². The van der Waals surface area contributed by atoms with Gasteiger partial charge in [0.15, 0.2) is 0 Å². The molecule has 0 saturated heterocycles. The van der Waals surface area contributed by atoms with E-state index >= 15 is 0 Å². The summed E-state index contributed by atoms with van der Waals surface area (Å²) in [6.07, 6.45) is 0.914. The first-order valence-corrected chi connectivity index (χ1v) is 3.22. The molecule has 0 bridgehead atoms. The molecule has 2 aliphatic heterocycles. The van der Waals surface area contributed by atoms with Gasteiger partial charge in [0, 0.05) is 0 Å². The molecular weight excluding hydrogens is 160 g/mol. The van der Waals surface area contributed by atoms with Gasteiger partial charge in [-0.25, -0.2) is 10.8 Å². The molecule has 2 heterocycles. The molecule has 0 saturated carbocycles. The minimum absolute atomic E-state index is 0.106. The highest BCUT2D eigenvalue weighted by molar-refractivity contribution is 5.95. The van der Waals surface area contributed by atoms with Crippen molar-refractivity contribution in [3.8, 4) is 0 Å². The molecule has 12 heavy (non-hydrogen) atoms. The summed E-state index contributed by atoms with van der Waals surface area (Å²) in [5, 5.41) is 6.50. The van der Waals surface area contributed by atoms with E-state index in [9.17, 15) is 0 Å². The zero-order valence-electron chi connectivity index (χ0n) is 6.12. The number of hydrogen-bond donors (Lipinski definition) is 3. The van der Waals surface area contributed by atoms with Crippen LogP contribution in [0, 0.1) is 0 Å². The van der Waals surface area contributed by atoms with Crippen LogP contribution in [0.15, 0.2) is 15.1 Å². The van der Waals surface area contributed by atoms with E-state index in [4.69, 9.17) is 17.3 Å². The Morgan fingerprint density at radius 1 is 1.42 bits per heavy atom. The highest BCUT2D eigenvalue weighted by atomic mass is 15.7. The Kier molecular flexibility index (Phi) is 1.19. The predicted molar refractivity (Wildman–Crippen MR) is 43.4 cm³/mol. The summed E-state index contributed by atoms with van der Waals surface area (Å²) in [4.78, 5) is 7.62. The number of nitrogens with two attached hydrogens (primary N) is 3. The van der Waals surface area contributed by atoms with Gasteiger partial charge in [0.1, 0.15) is 6.34 Å². The second-order valence-electron chi connectivity index (χ2n) is 2.33.